The van der Waals surface area contributed by atoms with E-state index in [9.17, 15) is 5.11 Å². The van der Waals surface area contributed by atoms with Gasteiger partial charge in [0, 0.05) is 17.1 Å². The van der Waals surface area contributed by atoms with Gasteiger partial charge in [-0.05, 0) is 30.3 Å². The number of aliphatic hydroxyl groups excluding tert-OH is 1. The van der Waals surface area contributed by atoms with Crippen LogP contribution in [0.3, 0.4) is 0 Å². The first-order valence-electron chi connectivity index (χ1n) is 6.19. The van der Waals surface area contributed by atoms with E-state index in [4.69, 9.17) is 16.3 Å². The number of pyridine rings is 1. The quantitative estimate of drug-likeness (QED) is 0.785. The third-order valence-electron chi connectivity index (χ3n) is 3.04. The van der Waals surface area contributed by atoms with Crippen molar-refractivity contribution in [3.05, 3.63) is 65.3 Å². The Hall–Kier alpha value is -2.10. The number of rotatable bonds is 3. The molecule has 2 aromatic carbocycles. The molecule has 20 heavy (non-hydrogen) atoms. The Morgan fingerprint density at radius 3 is 2.75 bits per heavy atom. The standard InChI is InChI=1S/C16H12ClNO2/c17-13-6-1-4-11(10-19)16(13)20-15-8-2-7-14-12(15)5-3-9-18-14/h1-9,19H,10H2. The van der Waals surface area contributed by atoms with E-state index < -0.39 is 0 Å². The Labute approximate surface area is 121 Å². The maximum Gasteiger partial charge on any atom is 0.151 e. The van der Waals surface area contributed by atoms with Crippen molar-refractivity contribution in [2.75, 3.05) is 0 Å². The lowest BCUT2D eigenvalue weighted by atomic mass is 10.2. The second kappa shape index (κ2) is 5.49. The molecule has 0 unspecified atom stereocenters. The molecule has 3 nitrogen and oxygen atoms in total. The lowest BCUT2D eigenvalue weighted by Crippen LogP contribution is -1.93. The molecular weight excluding hydrogens is 274 g/mol. The van der Waals surface area contributed by atoms with Crippen LogP contribution in [0.1, 0.15) is 5.56 Å². The highest BCUT2D eigenvalue weighted by molar-refractivity contribution is 6.32. The molecule has 0 aliphatic rings. The topological polar surface area (TPSA) is 42.4 Å². The molecule has 100 valence electrons. The van der Waals surface area contributed by atoms with E-state index in [0.29, 0.717) is 22.1 Å². The second-order valence-corrected chi connectivity index (χ2v) is 4.72. The molecule has 1 heterocycles. The zero-order valence-electron chi connectivity index (χ0n) is 10.6. The minimum Gasteiger partial charge on any atom is -0.455 e. The van der Waals surface area contributed by atoms with E-state index >= 15 is 0 Å². The number of ether oxygens (including phenoxy) is 1. The zero-order valence-corrected chi connectivity index (χ0v) is 11.3. The van der Waals surface area contributed by atoms with Crippen molar-refractivity contribution in [1.82, 2.24) is 4.98 Å². The van der Waals surface area contributed by atoms with Crippen LogP contribution in [0.25, 0.3) is 10.9 Å². The first-order chi connectivity index (χ1) is 9.79. The number of aromatic nitrogens is 1. The van der Waals surface area contributed by atoms with Crippen LogP contribution >= 0.6 is 11.6 Å². The summed E-state index contributed by atoms with van der Waals surface area (Å²) in [5, 5.41) is 10.8. The van der Waals surface area contributed by atoms with E-state index in [1.165, 1.54) is 0 Å². The van der Waals surface area contributed by atoms with Crippen LogP contribution in [-0.4, -0.2) is 10.1 Å². The van der Waals surface area contributed by atoms with Gasteiger partial charge < -0.3 is 9.84 Å². The summed E-state index contributed by atoms with van der Waals surface area (Å²) in [6.07, 6.45) is 1.74. The van der Waals surface area contributed by atoms with Crippen LogP contribution in [0.2, 0.25) is 5.02 Å². The number of fused-ring (bicyclic) bond motifs is 1. The van der Waals surface area contributed by atoms with E-state index in [-0.39, 0.29) is 6.61 Å². The minimum absolute atomic E-state index is 0.126. The van der Waals surface area contributed by atoms with Crippen molar-refractivity contribution in [3.8, 4) is 11.5 Å². The molecule has 3 aromatic rings. The summed E-state index contributed by atoms with van der Waals surface area (Å²) in [6, 6.07) is 14.7. The predicted octanol–water partition coefficient (Wildman–Crippen LogP) is 4.17. The summed E-state index contributed by atoms with van der Waals surface area (Å²) >= 11 is 6.16. The summed E-state index contributed by atoms with van der Waals surface area (Å²) < 4.78 is 5.91. The molecule has 0 spiro atoms. The number of nitrogens with zero attached hydrogens (tertiary/aromatic N) is 1. The van der Waals surface area contributed by atoms with Gasteiger partial charge in [0.25, 0.3) is 0 Å². The molecule has 0 amide bonds. The first kappa shape index (κ1) is 12.9. The largest absolute Gasteiger partial charge is 0.455 e. The highest BCUT2D eigenvalue weighted by atomic mass is 35.5. The highest BCUT2D eigenvalue weighted by Gasteiger charge is 2.11. The van der Waals surface area contributed by atoms with E-state index in [1.54, 1.807) is 24.4 Å². The number of hydrogen-bond acceptors (Lipinski definition) is 3. The Kier molecular flexibility index (Phi) is 3.54. The van der Waals surface area contributed by atoms with E-state index in [1.807, 2.05) is 30.3 Å². The van der Waals surface area contributed by atoms with Crippen molar-refractivity contribution in [3.63, 3.8) is 0 Å². The molecule has 0 aliphatic heterocycles. The molecule has 0 atom stereocenters. The molecule has 0 fully saturated rings. The van der Waals surface area contributed by atoms with Gasteiger partial charge in [0.05, 0.1) is 17.1 Å². The Morgan fingerprint density at radius 2 is 1.90 bits per heavy atom. The molecule has 4 heteroatoms. The van der Waals surface area contributed by atoms with Crippen LogP contribution in [0.5, 0.6) is 11.5 Å². The smallest absolute Gasteiger partial charge is 0.151 e. The summed E-state index contributed by atoms with van der Waals surface area (Å²) in [5.41, 5.74) is 1.50. The minimum atomic E-state index is -0.126. The summed E-state index contributed by atoms with van der Waals surface area (Å²) in [7, 11) is 0. The SMILES string of the molecule is OCc1cccc(Cl)c1Oc1cccc2ncccc12. The lowest BCUT2D eigenvalue weighted by molar-refractivity contribution is 0.276. The molecular formula is C16H12ClNO2. The second-order valence-electron chi connectivity index (χ2n) is 4.31. The van der Waals surface area contributed by atoms with Gasteiger partial charge in [-0.2, -0.15) is 0 Å². The third kappa shape index (κ3) is 2.33. The fraction of sp³-hybridized carbons (Fsp3) is 0.0625. The molecule has 0 radical (unpaired) electrons. The van der Waals surface area contributed by atoms with Gasteiger partial charge in [-0.25, -0.2) is 0 Å². The van der Waals surface area contributed by atoms with Crippen LogP contribution in [0.4, 0.5) is 0 Å². The van der Waals surface area contributed by atoms with Crippen LogP contribution in [0.15, 0.2) is 54.7 Å². The zero-order chi connectivity index (χ0) is 13.9. The molecule has 1 N–H and O–H groups in total. The number of para-hydroxylation sites is 1. The Morgan fingerprint density at radius 1 is 1.05 bits per heavy atom. The Balaban J connectivity index is 2.10. The van der Waals surface area contributed by atoms with E-state index in [0.717, 1.165) is 10.9 Å². The van der Waals surface area contributed by atoms with Gasteiger partial charge in [-0.15, -0.1) is 0 Å². The monoisotopic (exact) mass is 285 g/mol. The van der Waals surface area contributed by atoms with Gasteiger partial charge in [0.2, 0.25) is 0 Å². The average Bonchev–Trinajstić information content (AvgIpc) is 2.49. The fourth-order valence-corrected chi connectivity index (χ4v) is 2.30. The third-order valence-corrected chi connectivity index (χ3v) is 3.33. The van der Waals surface area contributed by atoms with Crippen molar-refractivity contribution in [2.45, 2.75) is 6.61 Å². The molecule has 0 saturated carbocycles. The maximum absolute atomic E-state index is 9.38. The molecule has 0 aliphatic carbocycles. The fourth-order valence-electron chi connectivity index (χ4n) is 2.07. The van der Waals surface area contributed by atoms with Gasteiger partial charge in [-0.3, -0.25) is 4.98 Å². The summed E-state index contributed by atoms with van der Waals surface area (Å²) in [4.78, 5) is 4.29. The van der Waals surface area contributed by atoms with Gasteiger partial charge in [0.1, 0.15) is 5.75 Å². The number of aliphatic hydroxyl groups is 1. The van der Waals surface area contributed by atoms with Crippen molar-refractivity contribution in [2.24, 2.45) is 0 Å². The van der Waals surface area contributed by atoms with Crippen LogP contribution in [-0.2, 0) is 6.61 Å². The van der Waals surface area contributed by atoms with Gasteiger partial charge in [0.15, 0.2) is 5.75 Å². The van der Waals surface area contributed by atoms with Gasteiger partial charge >= 0.3 is 0 Å². The summed E-state index contributed by atoms with van der Waals surface area (Å²) in [5.74, 6) is 1.14. The highest BCUT2D eigenvalue weighted by Crippen LogP contribution is 2.35. The summed E-state index contributed by atoms with van der Waals surface area (Å²) in [6.45, 7) is -0.126. The van der Waals surface area contributed by atoms with Gasteiger partial charge in [-0.1, -0.05) is 29.8 Å². The average molecular weight is 286 g/mol. The van der Waals surface area contributed by atoms with Crippen molar-refractivity contribution in [1.29, 1.82) is 0 Å². The first-order valence-corrected chi connectivity index (χ1v) is 6.57. The molecule has 3 rings (SSSR count). The molecule has 0 saturated heterocycles. The predicted molar refractivity (Wildman–Crippen MR) is 79.2 cm³/mol. The maximum atomic E-state index is 9.38. The number of halogens is 1. The van der Waals surface area contributed by atoms with E-state index in [2.05, 4.69) is 4.98 Å². The lowest BCUT2D eigenvalue weighted by Gasteiger charge is -2.13. The normalized spacial score (nSPS) is 10.7. The number of benzene rings is 2. The Bertz CT molecular complexity index is 753. The molecule has 1 aromatic heterocycles. The van der Waals surface area contributed by atoms with Crippen molar-refractivity contribution >= 4 is 22.5 Å². The van der Waals surface area contributed by atoms with Crippen LogP contribution in [0, 0.1) is 0 Å². The molecule has 0 bridgehead atoms. The number of hydrogen-bond donors (Lipinski definition) is 1. The van der Waals surface area contributed by atoms with Crippen molar-refractivity contribution < 1.29 is 9.84 Å². The van der Waals surface area contributed by atoms with Crippen LogP contribution < -0.4 is 4.74 Å².